The van der Waals surface area contributed by atoms with E-state index < -0.39 is 24.2 Å². The molecule has 0 spiro atoms. The van der Waals surface area contributed by atoms with Gasteiger partial charge in [-0.2, -0.15) is 0 Å². The first-order valence-corrected chi connectivity index (χ1v) is 8.30. The molecule has 0 saturated carbocycles. The van der Waals surface area contributed by atoms with Crippen LogP contribution in [0.15, 0.2) is 24.3 Å². The van der Waals surface area contributed by atoms with Gasteiger partial charge in [0.2, 0.25) is 5.91 Å². The van der Waals surface area contributed by atoms with Gasteiger partial charge in [0.1, 0.15) is 12.1 Å². The molecule has 7 nitrogen and oxygen atoms in total. The molecule has 0 radical (unpaired) electrons. The van der Waals surface area contributed by atoms with Crippen LogP contribution in [-0.2, 0) is 4.79 Å². The zero-order chi connectivity index (χ0) is 17.4. The van der Waals surface area contributed by atoms with Gasteiger partial charge in [-0.25, -0.2) is 9.59 Å². The summed E-state index contributed by atoms with van der Waals surface area (Å²) in [6, 6.07) is 5.70. The Balaban J connectivity index is 2.04. The highest BCUT2D eigenvalue weighted by atomic mass is 35.5. The molecule has 2 saturated heterocycles. The van der Waals surface area contributed by atoms with Gasteiger partial charge in [-0.1, -0.05) is 23.7 Å². The maximum Gasteiger partial charge on any atom is 0.328 e. The summed E-state index contributed by atoms with van der Waals surface area (Å²) in [7, 11) is 0. The molecule has 24 heavy (non-hydrogen) atoms. The van der Waals surface area contributed by atoms with E-state index >= 15 is 0 Å². The third kappa shape index (κ3) is 2.58. The summed E-state index contributed by atoms with van der Waals surface area (Å²) < 4.78 is 0. The highest BCUT2D eigenvalue weighted by Crippen LogP contribution is 2.34. The average Bonchev–Trinajstić information content (AvgIpc) is 2.55. The topological polar surface area (TPSA) is 81.8 Å². The molecular weight excluding hydrogens is 332 g/mol. The van der Waals surface area contributed by atoms with Crippen molar-refractivity contribution >= 4 is 29.6 Å². The van der Waals surface area contributed by atoms with Crippen LogP contribution in [0.3, 0.4) is 0 Å². The predicted molar refractivity (Wildman–Crippen MR) is 88.3 cm³/mol. The van der Waals surface area contributed by atoms with Crippen molar-refractivity contribution in [2.75, 3.05) is 13.1 Å². The van der Waals surface area contributed by atoms with Crippen molar-refractivity contribution in [3.05, 3.63) is 34.9 Å². The molecule has 5 amide bonds. The first-order valence-electron chi connectivity index (χ1n) is 7.92. The monoisotopic (exact) mass is 350 g/mol. The van der Waals surface area contributed by atoms with E-state index in [2.05, 4.69) is 10.6 Å². The zero-order valence-corrected chi connectivity index (χ0v) is 14.2. The molecule has 2 fully saturated rings. The quantitative estimate of drug-likeness (QED) is 0.874. The van der Waals surface area contributed by atoms with Crippen LogP contribution in [0.25, 0.3) is 0 Å². The number of nitrogens with one attached hydrogen (secondary N) is 2. The SMILES string of the molecule is CCN1C(=O)C2C(c3ccc(Cl)cc3)NC(=O)NC2N(CC)C1=O. The molecule has 1 aromatic rings. The molecule has 0 aliphatic carbocycles. The van der Waals surface area contributed by atoms with E-state index in [1.807, 2.05) is 6.92 Å². The van der Waals surface area contributed by atoms with E-state index in [1.165, 1.54) is 9.80 Å². The Bertz CT molecular complexity index is 678. The number of carbonyl (C=O) groups excluding carboxylic acids is 3. The average molecular weight is 351 g/mol. The third-order valence-electron chi connectivity index (χ3n) is 4.51. The van der Waals surface area contributed by atoms with E-state index in [4.69, 9.17) is 11.6 Å². The summed E-state index contributed by atoms with van der Waals surface area (Å²) >= 11 is 5.93. The van der Waals surface area contributed by atoms with Crippen LogP contribution >= 0.6 is 11.6 Å². The molecule has 3 unspecified atom stereocenters. The predicted octanol–water partition coefficient (Wildman–Crippen LogP) is 1.94. The van der Waals surface area contributed by atoms with Crippen LogP contribution in [0.4, 0.5) is 9.59 Å². The van der Waals surface area contributed by atoms with Gasteiger partial charge in [0.15, 0.2) is 0 Å². The number of fused-ring (bicyclic) bond motifs is 1. The second-order valence-electron chi connectivity index (χ2n) is 5.77. The van der Waals surface area contributed by atoms with Crippen LogP contribution < -0.4 is 10.6 Å². The van der Waals surface area contributed by atoms with Crippen LogP contribution in [-0.4, -0.2) is 47.0 Å². The number of halogens is 1. The number of carbonyl (C=O) groups is 3. The van der Waals surface area contributed by atoms with Crippen molar-refractivity contribution in [1.29, 1.82) is 0 Å². The van der Waals surface area contributed by atoms with Crippen molar-refractivity contribution in [2.24, 2.45) is 5.92 Å². The largest absolute Gasteiger partial charge is 0.330 e. The lowest BCUT2D eigenvalue weighted by molar-refractivity contribution is -0.141. The number of imide groups is 1. The summed E-state index contributed by atoms with van der Waals surface area (Å²) in [6.07, 6.45) is -0.660. The highest BCUT2D eigenvalue weighted by Gasteiger charge is 2.52. The first-order chi connectivity index (χ1) is 11.5. The number of amides is 5. The van der Waals surface area contributed by atoms with Crippen LogP contribution in [0, 0.1) is 5.92 Å². The van der Waals surface area contributed by atoms with Crippen LogP contribution in [0.2, 0.25) is 5.02 Å². The van der Waals surface area contributed by atoms with Gasteiger partial charge < -0.3 is 15.5 Å². The smallest absolute Gasteiger partial charge is 0.328 e. The normalized spacial score (nSPS) is 26.8. The number of benzene rings is 1. The minimum absolute atomic E-state index is 0.287. The molecule has 1 aromatic carbocycles. The number of nitrogens with zero attached hydrogens (tertiary/aromatic N) is 2. The molecular formula is C16H19ClN4O3. The van der Waals surface area contributed by atoms with Gasteiger partial charge in [-0.3, -0.25) is 9.69 Å². The summed E-state index contributed by atoms with van der Waals surface area (Å²) in [4.78, 5) is 40.2. The molecule has 0 bridgehead atoms. The van der Waals surface area contributed by atoms with E-state index in [-0.39, 0.29) is 11.9 Å². The molecule has 3 atom stereocenters. The van der Waals surface area contributed by atoms with E-state index in [9.17, 15) is 14.4 Å². The van der Waals surface area contributed by atoms with Gasteiger partial charge >= 0.3 is 12.1 Å². The highest BCUT2D eigenvalue weighted by molar-refractivity contribution is 6.30. The Morgan fingerprint density at radius 1 is 1.04 bits per heavy atom. The van der Waals surface area contributed by atoms with Crippen LogP contribution in [0.1, 0.15) is 25.5 Å². The number of hydrogen-bond donors (Lipinski definition) is 2. The number of urea groups is 2. The van der Waals surface area contributed by atoms with Gasteiger partial charge in [0.05, 0.1) is 6.04 Å². The lowest BCUT2D eigenvalue weighted by Gasteiger charge is -2.49. The Labute approximate surface area is 144 Å². The van der Waals surface area contributed by atoms with Crippen molar-refractivity contribution < 1.29 is 14.4 Å². The Hall–Kier alpha value is -2.28. The van der Waals surface area contributed by atoms with Gasteiger partial charge in [0, 0.05) is 18.1 Å². The summed E-state index contributed by atoms with van der Waals surface area (Å²) in [5, 5.41) is 6.10. The minimum Gasteiger partial charge on any atom is -0.330 e. The Morgan fingerprint density at radius 2 is 1.71 bits per heavy atom. The fourth-order valence-corrected chi connectivity index (χ4v) is 3.49. The Morgan fingerprint density at radius 3 is 2.29 bits per heavy atom. The molecule has 2 heterocycles. The lowest BCUT2D eigenvalue weighted by Crippen LogP contribution is -2.72. The summed E-state index contributed by atoms with van der Waals surface area (Å²) in [5.74, 6) is -0.883. The maximum atomic E-state index is 12.9. The van der Waals surface area contributed by atoms with Crippen molar-refractivity contribution in [3.8, 4) is 0 Å². The molecule has 2 aliphatic rings. The zero-order valence-electron chi connectivity index (χ0n) is 13.5. The van der Waals surface area contributed by atoms with Crippen LogP contribution in [0.5, 0.6) is 0 Å². The molecule has 128 valence electrons. The molecule has 8 heteroatoms. The van der Waals surface area contributed by atoms with Gasteiger partial charge in [-0.15, -0.1) is 0 Å². The van der Waals surface area contributed by atoms with E-state index in [0.717, 1.165) is 5.56 Å². The fourth-order valence-electron chi connectivity index (χ4n) is 3.36. The first kappa shape index (κ1) is 16.6. The van der Waals surface area contributed by atoms with Crippen molar-refractivity contribution in [1.82, 2.24) is 20.4 Å². The summed E-state index contributed by atoms with van der Waals surface area (Å²) in [6.45, 7) is 4.27. The van der Waals surface area contributed by atoms with Gasteiger partial charge in [0.25, 0.3) is 0 Å². The second-order valence-corrected chi connectivity index (χ2v) is 6.21. The molecule has 2 aliphatic heterocycles. The van der Waals surface area contributed by atoms with Gasteiger partial charge in [-0.05, 0) is 31.5 Å². The van der Waals surface area contributed by atoms with E-state index in [1.54, 1.807) is 31.2 Å². The van der Waals surface area contributed by atoms with Crippen molar-refractivity contribution in [3.63, 3.8) is 0 Å². The number of hydrogen-bond acceptors (Lipinski definition) is 3. The fraction of sp³-hybridized carbons (Fsp3) is 0.438. The molecule has 3 rings (SSSR count). The standard InChI is InChI=1S/C16H19ClN4O3/c1-3-20-13-11(14(22)21(4-2)16(20)24)12(18-15(23)19-13)9-5-7-10(17)8-6-9/h5-8,11-13H,3-4H2,1-2H3,(H2,18,19,23). The third-order valence-corrected chi connectivity index (χ3v) is 4.77. The second kappa shape index (κ2) is 6.32. The Kier molecular flexibility index (Phi) is 4.36. The molecule has 0 aromatic heterocycles. The molecule has 2 N–H and O–H groups in total. The lowest BCUT2D eigenvalue weighted by atomic mass is 9.85. The van der Waals surface area contributed by atoms with Crippen molar-refractivity contribution in [2.45, 2.75) is 26.1 Å². The minimum atomic E-state index is -0.660. The van der Waals surface area contributed by atoms with E-state index in [0.29, 0.717) is 18.1 Å². The number of rotatable bonds is 3. The maximum absolute atomic E-state index is 12.9. The summed E-state index contributed by atoms with van der Waals surface area (Å²) in [5.41, 5.74) is 0.777.